The van der Waals surface area contributed by atoms with E-state index in [1.165, 1.54) is 6.66 Å². The second-order valence-electron chi connectivity index (χ2n) is 3.58. The molecule has 2 nitrogen and oxygen atoms in total. The first-order valence-corrected chi connectivity index (χ1v) is 5.93. The van der Waals surface area contributed by atoms with E-state index < -0.39 is 12.8 Å². The molecule has 0 heterocycles. The molecule has 0 aromatic carbocycles. The zero-order valence-corrected chi connectivity index (χ0v) is 8.69. The topological polar surface area (TPSA) is 37.3 Å². The Morgan fingerprint density at radius 2 is 2.17 bits per heavy atom. The van der Waals surface area contributed by atoms with Crippen LogP contribution in [0.4, 0.5) is 0 Å². The third kappa shape index (κ3) is 3.76. The van der Waals surface area contributed by atoms with Gasteiger partial charge < -0.3 is 4.89 Å². The van der Waals surface area contributed by atoms with Crippen molar-refractivity contribution in [1.82, 2.24) is 0 Å². The number of hydrogen-bond acceptors (Lipinski definition) is 1. The standard InChI is InChI=1S/C9H15O2P/c1-6-9(3,4)8(2)7-12(5,10)11/h1H,2,7H2,3-5H3,(H,10,11). The van der Waals surface area contributed by atoms with E-state index in [9.17, 15) is 4.57 Å². The molecule has 0 aliphatic carbocycles. The average molecular weight is 186 g/mol. The van der Waals surface area contributed by atoms with Gasteiger partial charge in [-0.15, -0.1) is 6.42 Å². The van der Waals surface area contributed by atoms with Crippen LogP contribution in [0.3, 0.4) is 0 Å². The maximum absolute atomic E-state index is 11.0. The summed E-state index contributed by atoms with van der Waals surface area (Å²) in [6.45, 7) is 8.64. The predicted octanol–water partition coefficient (Wildman–Crippen LogP) is 2.10. The maximum Gasteiger partial charge on any atom is 0.201 e. The lowest BCUT2D eigenvalue weighted by atomic mass is 9.87. The van der Waals surface area contributed by atoms with Crippen LogP contribution in [0.25, 0.3) is 0 Å². The van der Waals surface area contributed by atoms with Crippen LogP contribution < -0.4 is 0 Å². The molecule has 12 heavy (non-hydrogen) atoms. The van der Waals surface area contributed by atoms with Crippen LogP contribution in [0.15, 0.2) is 12.2 Å². The summed E-state index contributed by atoms with van der Waals surface area (Å²) in [6.07, 6.45) is 5.35. The molecule has 0 saturated carbocycles. The summed E-state index contributed by atoms with van der Waals surface area (Å²) in [5.41, 5.74) is 0.146. The fourth-order valence-corrected chi connectivity index (χ4v) is 1.76. The second-order valence-corrected chi connectivity index (χ2v) is 6.00. The molecule has 0 fully saturated rings. The molecule has 0 aliphatic heterocycles. The normalized spacial score (nSPS) is 16.2. The Kier molecular flexibility index (Phi) is 3.33. The minimum Gasteiger partial charge on any atom is -0.344 e. The van der Waals surface area contributed by atoms with Gasteiger partial charge in [0.15, 0.2) is 0 Å². The van der Waals surface area contributed by atoms with Crippen molar-refractivity contribution < 1.29 is 9.46 Å². The first-order chi connectivity index (χ1) is 5.19. The molecular weight excluding hydrogens is 171 g/mol. The Balaban J connectivity index is 4.47. The van der Waals surface area contributed by atoms with Gasteiger partial charge in [0.25, 0.3) is 0 Å². The summed E-state index contributed by atoms with van der Waals surface area (Å²) in [6, 6.07) is 0. The molecule has 68 valence electrons. The van der Waals surface area contributed by atoms with Crippen molar-refractivity contribution in [2.24, 2.45) is 5.41 Å². The highest BCUT2D eigenvalue weighted by molar-refractivity contribution is 7.57. The Labute approximate surface area is 74.1 Å². The van der Waals surface area contributed by atoms with Crippen molar-refractivity contribution in [2.75, 3.05) is 12.8 Å². The lowest BCUT2D eigenvalue weighted by molar-refractivity contribution is 0.482. The van der Waals surface area contributed by atoms with Gasteiger partial charge in [-0.3, -0.25) is 4.57 Å². The van der Waals surface area contributed by atoms with Crippen LogP contribution in [0, 0.1) is 17.8 Å². The first-order valence-electron chi connectivity index (χ1n) is 3.64. The van der Waals surface area contributed by atoms with E-state index in [0.29, 0.717) is 5.57 Å². The molecule has 1 atom stereocenters. The number of terminal acetylenes is 1. The minimum absolute atomic E-state index is 0.101. The fourth-order valence-electron chi connectivity index (χ4n) is 0.654. The number of rotatable bonds is 3. The van der Waals surface area contributed by atoms with Crippen molar-refractivity contribution in [3.8, 4) is 12.3 Å². The molecule has 3 heteroatoms. The predicted molar refractivity (Wildman–Crippen MR) is 52.4 cm³/mol. The van der Waals surface area contributed by atoms with Crippen molar-refractivity contribution in [1.29, 1.82) is 0 Å². The van der Waals surface area contributed by atoms with Gasteiger partial charge in [0.2, 0.25) is 7.37 Å². The molecule has 0 aromatic heterocycles. The molecule has 1 unspecified atom stereocenters. The van der Waals surface area contributed by atoms with E-state index in [-0.39, 0.29) is 6.16 Å². The summed E-state index contributed by atoms with van der Waals surface area (Å²) >= 11 is 0. The lowest BCUT2D eigenvalue weighted by Crippen LogP contribution is -2.13. The zero-order chi connectivity index (χ0) is 9.99. The Bertz CT molecular complexity index is 265. The smallest absolute Gasteiger partial charge is 0.201 e. The van der Waals surface area contributed by atoms with Crippen molar-refractivity contribution in [3.63, 3.8) is 0 Å². The zero-order valence-electron chi connectivity index (χ0n) is 7.79. The quantitative estimate of drug-likeness (QED) is 0.416. The molecule has 0 radical (unpaired) electrons. The van der Waals surface area contributed by atoms with Gasteiger partial charge in [-0.05, 0) is 13.8 Å². The van der Waals surface area contributed by atoms with E-state index in [1.54, 1.807) is 0 Å². The highest BCUT2D eigenvalue weighted by atomic mass is 31.2. The third-order valence-electron chi connectivity index (χ3n) is 1.73. The van der Waals surface area contributed by atoms with Crippen LogP contribution in [-0.2, 0) is 4.57 Å². The molecule has 0 aromatic rings. The Hall–Kier alpha value is -0.510. The SMILES string of the molecule is C#CC(C)(C)C(=C)CP(C)(=O)O. The molecule has 0 bridgehead atoms. The van der Waals surface area contributed by atoms with E-state index in [1.807, 2.05) is 13.8 Å². The van der Waals surface area contributed by atoms with Gasteiger partial charge in [-0.2, -0.15) is 0 Å². The van der Waals surface area contributed by atoms with Crippen LogP contribution in [-0.4, -0.2) is 17.7 Å². The number of hydrogen-bond donors (Lipinski definition) is 1. The molecule has 0 aliphatic rings. The summed E-state index contributed by atoms with van der Waals surface area (Å²) in [5, 5.41) is 0. The number of allylic oxidation sites excluding steroid dienone is 1. The molecule has 0 spiro atoms. The molecular formula is C9H15O2P. The summed E-state index contributed by atoms with van der Waals surface area (Å²) in [4.78, 5) is 9.07. The van der Waals surface area contributed by atoms with Crippen LogP contribution in [0.1, 0.15) is 13.8 Å². The van der Waals surface area contributed by atoms with Gasteiger partial charge in [0.05, 0.1) is 0 Å². The van der Waals surface area contributed by atoms with Gasteiger partial charge in [-0.25, -0.2) is 0 Å². The average Bonchev–Trinajstić information content (AvgIpc) is 1.84. The highest BCUT2D eigenvalue weighted by Gasteiger charge is 2.23. The molecule has 0 rings (SSSR count). The Morgan fingerprint density at radius 1 is 1.75 bits per heavy atom. The van der Waals surface area contributed by atoms with Crippen LogP contribution >= 0.6 is 7.37 Å². The second kappa shape index (κ2) is 3.47. The summed E-state index contributed by atoms with van der Waals surface area (Å²) < 4.78 is 11.0. The van der Waals surface area contributed by atoms with Crippen molar-refractivity contribution in [2.45, 2.75) is 13.8 Å². The van der Waals surface area contributed by atoms with Gasteiger partial charge in [0, 0.05) is 18.2 Å². The Morgan fingerprint density at radius 3 is 2.42 bits per heavy atom. The van der Waals surface area contributed by atoms with E-state index >= 15 is 0 Å². The fraction of sp³-hybridized carbons (Fsp3) is 0.556. The van der Waals surface area contributed by atoms with Gasteiger partial charge in [0.1, 0.15) is 0 Å². The van der Waals surface area contributed by atoms with E-state index in [2.05, 4.69) is 12.5 Å². The van der Waals surface area contributed by atoms with E-state index in [0.717, 1.165) is 0 Å². The largest absolute Gasteiger partial charge is 0.344 e. The summed E-state index contributed by atoms with van der Waals surface area (Å²) in [7, 11) is -3.03. The van der Waals surface area contributed by atoms with E-state index in [4.69, 9.17) is 11.3 Å². The van der Waals surface area contributed by atoms with Crippen LogP contribution in [0.5, 0.6) is 0 Å². The van der Waals surface area contributed by atoms with Crippen molar-refractivity contribution in [3.05, 3.63) is 12.2 Å². The highest BCUT2D eigenvalue weighted by Crippen LogP contribution is 2.41. The van der Waals surface area contributed by atoms with Crippen LogP contribution in [0.2, 0.25) is 0 Å². The first kappa shape index (κ1) is 11.5. The van der Waals surface area contributed by atoms with Crippen molar-refractivity contribution >= 4 is 7.37 Å². The summed E-state index contributed by atoms with van der Waals surface area (Å²) in [5.74, 6) is 2.53. The molecule has 0 amide bonds. The third-order valence-corrected chi connectivity index (χ3v) is 2.70. The van der Waals surface area contributed by atoms with Gasteiger partial charge >= 0.3 is 0 Å². The minimum atomic E-state index is -3.03. The lowest BCUT2D eigenvalue weighted by Gasteiger charge is -2.21. The monoisotopic (exact) mass is 186 g/mol. The van der Waals surface area contributed by atoms with Gasteiger partial charge in [-0.1, -0.05) is 18.1 Å². The maximum atomic E-state index is 11.0. The molecule has 1 N–H and O–H groups in total. The molecule has 0 saturated heterocycles.